The highest BCUT2D eigenvalue weighted by atomic mass is 19.1. The molecule has 2 unspecified atom stereocenters. The highest BCUT2D eigenvalue weighted by Crippen LogP contribution is 2.37. The predicted octanol–water partition coefficient (Wildman–Crippen LogP) is 3.97. The monoisotopic (exact) mass is 359 g/mol. The van der Waals surface area contributed by atoms with E-state index in [0.29, 0.717) is 18.6 Å². The van der Waals surface area contributed by atoms with E-state index in [1.54, 1.807) is 17.3 Å². The second-order valence-corrected chi connectivity index (χ2v) is 6.72. The molecule has 0 aliphatic carbocycles. The molecule has 26 heavy (non-hydrogen) atoms. The Labute approximate surface area is 150 Å². The van der Waals surface area contributed by atoms with Crippen molar-refractivity contribution in [1.82, 2.24) is 9.88 Å². The number of piperidine rings is 1. The number of ether oxygens (including phenoxy) is 1. The lowest BCUT2D eigenvalue weighted by molar-refractivity contribution is 0.0729. The van der Waals surface area contributed by atoms with Gasteiger partial charge in [0.05, 0.1) is 6.20 Å². The third-order valence-corrected chi connectivity index (χ3v) is 5.06. The molecule has 2 amide bonds. The predicted molar refractivity (Wildman–Crippen MR) is 91.9 cm³/mol. The number of hydrogen-bond acceptors (Lipinski definition) is 3. The summed E-state index contributed by atoms with van der Waals surface area (Å²) in [5.74, 6) is -0.843. The maximum absolute atomic E-state index is 13.8. The third kappa shape index (κ3) is 3.21. The highest BCUT2D eigenvalue weighted by molar-refractivity contribution is 5.90. The molecule has 3 heterocycles. The van der Waals surface area contributed by atoms with E-state index >= 15 is 0 Å². The van der Waals surface area contributed by atoms with Gasteiger partial charge in [-0.05, 0) is 37.1 Å². The van der Waals surface area contributed by atoms with Crippen LogP contribution in [0.3, 0.4) is 0 Å². The molecule has 2 atom stereocenters. The van der Waals surface area contributed by atoms with Gasteiger partial charge in [-0.15, -0.1) is 0 Å². The van der Waals surface area contributed by atoms with Crippen LogP contribution in [0.25, 0.3) is 0 Å². The number of amides is 2. The van der Waals surface area contributed by atoms with E-state index in [1.165, 1.54) is 6.07 Å². The second-order valence-electron chi connectivity index (χ2n) is 6.72. The van der Waals surface area contributed by atoms with Crippen LogP contribution in [0.1, 0.15) is 25.7 Å². The number of carbonyl (C=O) groups is 1. The lowest BCUT2D eigenvalue weighted by atomic mass is 10.00. The third-order valence-electron chi connectivity index (χ3n) is 5.06. The number of anilines is 1. The van der Waals surface area contributed by atoms with Crippen LogP contribution >= 0.6 is 0 Å². The molecule has 7 heteroatoms. The number of hydrogen-bond donors (Lipinski definition) is 1. The van der Waals surface area contributed by atoms with Gasteiger partial charge < -0.3 is 15.0 Å². The number of pyridine rings is 1. The molecule has 0 spiro atoms. The van der Waals surface area contributed by atoms with Crippen molar-refractivity contribution in [3.05, 3.63) is 54.4 Å². The molecule has 2 bridgehead atoms. The maximum atomic E-state index is 13.8. The van der Waals surface area contributed by atoms with Crippen LogP contribution in [0.15, 0.2) is 42.7 Å². The Morgan fingerprint density at radius 3 is 2.42 bits per heavy atom. The molecule has 1 aromatic heterocycles. The molecule has 2 aliphatic heterocycles. The summed E-state index contributed by atoms with van der Waals surface area (Å²) in [4.78, 5) is 18.4. The lowest BCUT2D eigenvalue weighted by Gasteiger charge is -2.38. The lowest BCUT2D eigenvalue weighted by Crippen LogP contribution is -2.51. The van der Waals surface area contributed by atoms with Crippen molar-refractivity contribution in [3.8, 4) is 5.75 Å². The van der Waals surface area contributed by atoms with E-state index < -0.39 is 23.4 Å². The summed E-state index contributed by atoms with van der Waals surface area (Å²) in [6.45, 7) is 0. The summed E-state index contributed by atoms with van der Waals surface area (Å²) in [5, 5.41) is 2.40. The van der Waals surface area contributed by atoms with Crippen LogP contribution < -0.4 is 10.1 Å². The number of fused-ring (bicyclic) bond motifs is 2. The van der Waals surface area contributed by atoms with Gasteiger partial charge in [-0.25, -0.2) is 13.6 Å². The Bertz CT molecular complexity index is 768. The van der Waals surface area contributed by atoms with Gasteiger partial charge in [-0.1, -0.05) is 6.07 Å². The van der Waals surface area contributed by atoms with E-state index in [0.717, 1.165) is 25.0 Å². The SMILES string of the molecule is O=C(Nc1c(F)cccc1F)N1C2CCC1CC(Oc1cccnc1)C2. The number of carbonyl (C=O) groups excluding carboxylic acids is 1. The summed E-state index contributed by atoms with van der Waals surface area (Å²) >= 11 is 0. The molecule has 4 rings (SSSR count). The van der Waals surface area contributed by atoms with Crippen LogP contribution in [-0.4, -0.2) is 34.1 Å². The van der Waals surface area contributed by atoms with Gasteiger partial charge in [0, 0.05) is 31.1 Å². The average Bonchev–Trinajstić information content (AvgIpc) is 2.90. The number of nitrogens with one attached hydrogen (secondary N) is 1. The van der Waals surface area contributed by atoms with Gasteiger partial charge in [0.15, 0.2) is 0 Å². The van der Waals surface area contributed by atoms with Crippen LogP contribution in [0.4, 0.5) is 19.3 Å². The van der Waals surface area contributed by atoms with Gasteiger partial charge in [-0.3, -0.25) is 4.98 Å². The van der Waals surface area contributed by atoms with Gasteiger partial charge in [0.2, 0.25) is 0 Å². The number of halogens is 2. The Morgan fingerprint density at radius 2 is 1.81 bits per heavy atom. The van der Waals surface area contributed by atoms with Gasteiger partial charge in [0.25, 0.3) is 0 Å². The average molecular weight is 359 g/mol. The molecular weight excluding hydrogens is 340 g/mol. The maximum Gasteiger partial charge on any atom is 0.322 e. The van der Waals surface area contributed by atoms with Crippen molar-refractivity contribution < 1.29 is 18.3 Å². The molecular formula is C19H19F2N3O2. The van der Waals surface area contributed by atoms with Crippen LogP contribution in [0.2, 0.25) is 0 Å². The van der Waals surface area contributed by atoms with Crippen LogP contribution in [0, 0.1) is 11.6 Å². The molecule has 2 saturated heterocycles. The van der Waals surface area contributed by atoms with E-state index in [-0.39, 0.29) is 18.2 Å². The first-order valence-corrected chi connectivity index (χ1v) is 8.72. The Kier molecular flexibility index (Phi) is 4.44. The first-order valence-electron chi connectivity index (χ1n) is 8.72. The molecule has 5 nitrogen and oxygen atoms in total. The fourth-order valence-corrected chi connectivity index (χ4v) is 3.95. The number of aromatic nitrogens is 1. The summed E-state index contributed by atoms with van der Waals surface area (Å²) in [6, 6.07) is 6.75. The van der Waals surface area contributed by atoms with Gasteiger partial charge >= 0.3 is 6.03 Å². The standard InChI is InChI=1S/C19H19F2N3O2/c20-16-4-1-5-17(21)18(16)23-19(25)24-12-6-7-13(24)10-15(9-12)26-14-3-2-8-22-11-14/h1-5,8,11-13,15H,6-7,9-10H2,(H,23,25). The van der Waals surface area contributed by atoms with Crippen molar-refractivity contribution in [3.63, 3.8) is 0 Å². The first kappa shape index (κ1) is 16.8. The Hall–Kier alpha value is -2.70. The van der Waals surface area contributed by atoms with Crippen molar-refractivity contribution in [2.24, 2.45) is 0 Å². The van der Waals surface area contributed by atoms with Crippen LogP contribution in [-0.2, 0) is 0 Å². The van der Waals surface area contributed by atoms with E-state index in [4.69, 9.17) is 4.74 Å². The topological polar surface area (TPSA) is 54.5 Å². The minimum absolute atomic E-state index is 0.00487. The Morgan fingerprint density at radius 1 is 1.12 bits per heavy atom. The highest BCUT2D eigenvalue weighted by Gasteiger charge is 2.44. The molecule has 2 aliphatic rings. The zero-order chi connectivity index (χ0) is 18.1. The largest absolute Gasteiger partial charge is 0.489 e. The van der Waals surface area contributed by atoms with E-state index in [9.17, 15) is 13.6 Å². The second kappa shape index (κ2) is 6.90. The zero-order valence-corrected chi connectivity index (χ0v) is 14.1. The summed E-state index contributed by atoms with van der Waals surface area (Å²) in [5.41, 5.74) is -0.398. The number of benzene rings is 1. The summed E-state index contributed by atoms with van der Waals surface area (Å²) in [7, 11) is 0. The van der Waals surface area contributed by atoms with Crippen molar-refractivity contribution in [1.29, 1.82) is 0 Å². The quantitative estimate of drug-likeness (QED) is 0.902. The summed E-state index contributed by atoms with van der Waals surface area (Å²) in [6.07, 6.45) is 6.48. The summed E-state index contributed by atoms with van der Waals surface area (Å²) < 4.78 is 33.6. The molecule has 2 fully saturated rings. The first-order chi connectivity index (χ1) is 12.6. The van der Waals surface area contributed by atoms with Crippen molar-refractivity contribution >= 4 is 11.7 Å². The molecule has 0 saturated carbocycles. The number of para-hydroxylation sites is 1. The number of urea groups is 1. The Balaban J connectivity index is 1.44. The van der Waals surface area contributed by atoms with E-state index in [2.05, 4.69) is 10.3 Å². The smallest absolute Gasteiger partial charge is 0.322 e. The normalized spacial score (nSPS) is 24.4. The molecule has 2 aromatic rings. The molecule has 1 N–H and O–H groups in total. The number of nitrogens with zero attached hydrogens (tertiary/aromatic N) is 2. The minimum atomic E-state index is -0.777. The zero-order valence-electron chi connectivity index (χ0n) is 14.1. The van der Waals surface area contributed by atoms with Gasteiger partial charge in [-0.2, -0.15) is 0 Å². The molecule has 1 aromatic carbocycles. The molecule has 0 radical (unpaired) electrons. The number of rotatable bonds is 3. The molecule has 136 valence electrons. The van der Waals surface area contributed by atoms with E-state index in [1.807, 2.05) is 12.1 Å². The fourth-order valence-electron chi connectivity index (χ4n) is 3.95. The van der Waals surface area contributed by atoms with Crippen LogP contribution in [0.5, 0.6) is 5.75 Å². The van der Waals surface area contributed by atoms with Crippen molar-refractivity contribution in [2.75, 3.05) is 5.32 Å². The van der Waals surface area contributed by atoms with Crippen molar-refractivity contribution in [2.45, 2.75) is 43.9 Å². The minimum Gasteiger partial charge on any atom is -0.489 e. The fraction of sp³-hybridized carbons (Fsp3) is 0.368. The van der Waals surface area contributed by atoms with Gasteiger partial charge in [0.1, 0.15) is 29.2 Å².